The number of nitrogens with two attached hydrogens (primary N) is 1. The first kappa shape index (κ1) is 15.0. The Kier molecular flexibility index (Phi) is 6.43. The van der Waals surface area contributed by atoms with Crippen molar-refractivity contribution in [1.82, 2.24) is 5.32 Å². The average Bonchev–Trinajstić information content (AvgIpc) is 2.41. The molecular weight excluding hydrogens is 242 g/mol. The molecule has 0 bridgehead atoms. The Bertz CT molecular complexity index is 432. The molecule has 0 aliphatic carbocycles. The SMILES string of the molecule is CCCNc1ccccc1C(=O)NCCCC(N)=O. The molecule has 0 aliphatic heterocycles. The molecule has 0 aromatic heterocycles. The molecule has 1 aromatic carbocycles. The number of carbonyl (C=O) groups excluding carboxylic acids is 2. The van der Waals surface area contributed by atoms with Gasteiger partial charge < -0.3 is 16.4 Å². The van der Waals surface area contributed by atoms with E-state index in [1.54, 1.807) is 6.07 Å². The van der Waals surface area contributed by atoms with Gasteiger partial charge in [-0.2, -0.15) is 0 Å². The van der Waals surface area contributed by atoms with Gasteiger partial charge in [0.05, 0.1) is 5.56 Å². The largest absolute Gasteiger partial charge is 0.384 e. The third kappa shape index (κ3) is 5.42. The van der Waals surface area contributed by atoms with Crippen LogP contribution in [0.3, 0.4) is 0 Å². The van der Waals surface area contributed by atoms with Crippen molar-refractivity contribution in [2.75, 3.05) is 18.4 Å². The Morgan fingerprint density at radius 1 is 1.21 bits per heavy atom. The highest BCUT2D eigenvalue weighted by molar-refractivity contribution is 5.99. The Hall–Kier alpha value is -2.04. The summed E-state index contributed by atoms with van der Waals surface area (Å²) in [4.78, 5) is 22.6. The number of primary amides is 1. The highest BCUT2D eigenvalue weighted by atomic mass is 16.2. The van der Waals surface area contributed by atoms with Crippen molar-refractivity contribution < 1.29 is 9.59 Å². The van der Waals surface area contributed by atoms with E-state index in [-0.39, 0.29) is 18.2 Å². The lowest BCUT2D eigenvalue weighted by atomic mass is 10.1. The van der Waals surface area contributed by atoms with E-state index in [2.05, 4.69) is 17.6 Å². The van der Waals surface area contributed by atoms with Crippen LogP contribution in [0.4, 0.5) is 5.69 Å². The molecule has 19 heavy (non-hydrogen) atoms. The van der Waals surface area contributed by atoms with Crippen LogP contribution < -0.4 is 16.4 Å². The van der Waals surface area contributed by atoms with Gasteiger partial charge in [0, 0.05) is 25.2 Å². The van der Waals surface area contributed by atoms with Gasteiger partial charge in [0.25, 0.3) is 5.91 Å². The van der Waals surface area contributed by atoms with Gasteiger partial charge in [0.1, 0.15) is 0 Å². The molecule has 0 atom stereocenters. The predicted octanol–water partition coefficient (Wildman–Crippen LogP) is 1.50. The Balaban J connectivity index is 2.53. The molecule has 4 N–H and O–H groups in total. The summed E-state index contributed by atoms with van der Waals surface area (Å²) in [5.74, 6) is -0.483. The Morgan fingerprint density at radius 3 is 2.63 bits per heavy atom. The zero-order valence-electron chi connectivity index (χ0n) is 11.2. The number of rotatable bonds is 8. The van der Waals surface area contributed by atoms with Crippen molar-refractivity contribution in [3.63, 3.8) is 0 Å². The first-order chi connectivity index (χ1) is 9.15. The number of anilines is 1. The third-order valence-electron chi connectivity index (χ3n) is 2.62. The van der Waals surface area contributed by atoms with Gasteiger partial charge in [-0.1, -0.05) is 19.1 Å². The summed E-state index contributed by atoms with van der Waals surface area (Å²) in [6, 6.07) is 7.38. The van der Waals surface area contributed by atoms with E-state index in [0.29, 0.717) is 18.5 Å². The van der Waals surface area contributed by atoms with Crippen LogP contribution in [0, 0.1) is 0 Å². The van der Waals surface area contributed by atoms with E-state index < -0.39 is 0 Å². The van der Waals surface area contributed by atoms with Crippen LogP contribution in [-0.4, -0.2) is 24.9 Å². The zero-order valence-corrected chi connectivity index (χ0v) is 11.2. The number of para-hydroxylation sites is 1. The van der Waals surface area contributed by atoms with Crippen molar-refractivity contribution >= 4 is 17.5 Å². The third-order valence-corrected chi connectivity index (χ3v) is 2.62. The number of hydrogen-bond donors (Lipinski definition) is 3. The highest BCUT2D eigenvalue weighted by Crippen LogP contribution is 2.14. The summed E-state index contributed by atoms with van der Waals surface area (Å²) in [5.41, 5.74) is 6.49. The van der Waals surface area contributed by atoms with Crippen LogP contribution in [0.1, 0.15) is 36.5 Å². The molecule has 104 valence electrons. The van der Waals surface area contributed by atoms with Gasteiger partial charge in [-0.05, 0) is 25.0 Å². The topological polar surface area (TPSA) is 84.2 Å². The van der Waals surface area contributed by atoms with Crippen molar-refractivity contribution in [2.24, 2.45) is 5.73 Å². The molecule has 0 saturated carbocycles. The number of carbonyl (C=O) groups is 2. The van der Waals surface area contributed by atoms with Crippen molar-refractivity contribution in [2.45, 2.75) is 26.2 Å². The molecule has 0 unspecified atom stereocenters. The molecule has 2 amide bonds. The van der Waals surface area contributed by atoms with Gasteiger partial charge in [-0.15, -0.1) is 0 Å². The zero-order chi connectivity index (χ0) is 14.1. The summed E-state index contributed by atoms with van der Waals surface area (Å²) in [7, 11) is 0. The van der Waals surface area contributed by atoms with Crippen LogP contribution in [0.25, 0.3) is 0 Å². The smallest absolute Gasteiger partial charge is 0.253 e. The second-order valence-corrected chi connectivity index (χ2v) is 4.30. The van der Waals surface area contributed by atoms with Crippen molar-refractivity contribution in [3.8, 4) is 0 Å². The second kappa shape index (κ2) is 8.13. The lowest BCUT2D eigenvalue weighted by molar-refractivity contribution is -0.118. The van der Waals surface area contributed by atoms with Crippen LogP contribution in [0.15, 0.2) is 24.3 Å². The monoisotopic (exact) mass is 263 g/mol. The fraction of sp³-hybridized carbons (Fsp3) is 0.429. The van der Waals surface area contributed by atoms with E-state index >= 15 is 0 Å². The average molecular weight is 263 g/mol. The lowest BCUT2D eigenvalue weighted by Gasteiger charge is -2.11. The van der Waals surface area contributed by atoms with Gasteiger partial charge >= 0.3 is 0 Å². The first-order valence-electron chi connectivity index (χ1n) is 6.54. The molecule has 5 nitrogen and oxygen atoms in total. The van der Waals surface area contributed by atoms with Crippen LogP contribution in [0.2, 0.25) is 0 Å². The minimum Gasteiger partial charge on any atom is -0.384 e. The normalized spacial score (nSPS) is 9.95. The maximum absolute atomic E-state index is 12.0. The maximum Gasteiger partial charge on any atom is 0.253 e. The van der Waals surface area contributed by atoms with Crippen LogP contribution in [-0.2, 0) is 4.79 Å². The van der Waals surface area contributed by atoms with Gasteiger partial charge in [-0.3, -0.25) is 9.59 Å². The van der Waals surface area contributed by atoms with Crippen LogP contribution in [0.5, 0.6) is 0 Å². The number of hydrogen-bond acceptors (Lipinski definition) is 3. The first-order valence-corrected chi connectivity index (χ1v) is 6.54. The molecule has 0 fully saturated rings. The molecule has 0 saturated heterocycles. The van der Waals surface area contributed by atoms with E-state index in [1.165, 1.54) is 0 Å². The fourth-order valence-corrected chi connectivity index (χ4v) is 1.65. The predicted molar refractivity (Wildman–Crippen MR) is 76.0 cm³/mol. The molecule has 0 aliphatic rings. The van der Waals surface area contributed by atoms with E-state index in [0.717, 1.165) is 18.7 Å². The van der Waals surface area contributed by atoms with E-state index in [4.69, 9.17) is 5.73 Å². The molecular formula is C14H21N3O2. The standard InChI is InChI=1S/C14H21N3O2/c1-2-9-16-12-7-4-3-6-11(12)14(19)17-10-5-8-13(15)18/h3-4,6-7,16H,2,5,8-10H2,1H3,(H2,15,18)(H,17,19). The van der Waals surface area contributed by atoms with Gasteiger partial charge in [0.2, 0.25) is 5.91 Å². The van der Waals surface area contributed by atoms with E-state index in [1.807, 2.05) is 18.2 Å². The summed E-state index contributed by atoms with van der Waals surface area (Å²) in [6.07, 6.45) is 1.84. The lowest BCUT2D eigenvalue weighted by Crippen LogP contribution is -2.26. The van der Waals surface area contributed by atoms with Gasteiger partial charge in [0.15, 0.2) is 0 Å². The Morgan fingerprint density at radius 2 is 1.95 bits per heavy atom. The molecule has 1 aromatic rings. The van der Waals surface area contributed by atoms with Crippen molar-refractivity contribution in [1.29, 1.82) is 0 Å². The number of amides is 2. The van der Waals surface area contributed by atoms with Crippen LogP contribution >= 0.6 is 0 Å². The van der Waals surface area contributed by atoms with Crippen molar-refractivity contribution in [3.05, 3.63) is 29.8 Å². The van der Waals surface area contributed by atoms with Gasteiger partial charge in [-0.25, -0.2) is 0 Å². The molecule has 5 heteroatoms. The summed E-state index contributed by atoms with van der Waals surface area (Å²) >= 11 is 0. The maximum atomic E-state index is 12.0. The summed E-state index contributed by atoms with van der Waals surface area (Å²) in [6.45, 7) is 3.34. The fourth-order valence-electron chi connectivity index (χ4n) is 1.65. The second-order valence-electron chi connectivity index (χ2n) is 4.30. The summed E-state index contributed by atoms with van der Waals surface area (Å²) in [5, 5.41) is 6.00. The highest BCUT2D eigenvalue weighted by Gasteiger charge is 2.09. The van der Waals surface area contributed by atoms with E-state index in [9.17, 15) is 9.59 Å². The number of nitrogens with one attached hydrogen (secondary N) is 2. The Labute approximate surface area is 113 Å². The quantitative estimate of drug-likeness (QED) is 0.621. The molecule has 1 rings (SSSR count). The molecule has 0 radical (unpaired) electrons. The molecule has 0 spiro atoms. The summed E-state index contributed by atoms with van der Waals surface area (Å²) < 4.78 is 0. The minimum absolute atomic E-state index is 0.135. The molecule has 0 heterocycles. The number of benzene rings is 1. The minimum atomic E-state index is -0.348.